The average Bonchev–Trinajstić information content (AvgIpc) is 2.10. The van der Waals surface area contributed by atoms with Crippen LogP contribution in [0.5, 0.6) is 0 Å². The van der Waals surface area contributed by atoms with E-state index in [0.29, 0.717) is 6.42 Å². The number of hydrogen-bond acceptors (Lipinski definition) is 4. The van der Waals surface area contributed by atoms with E-state index in [4.69, 9.17) is 11.6 Å². The molecule has 0 saturated carbocycles. The van der Waals surface area contributed by atoms with Crippen molar-refractivity contribution in [1.29, 1.82) is 0 Å². The topological polar surface area (TPSA) is 72.0 Å². The second-order valence-corrected chi connectivity index (χ2v) is 4.94. The summed E-state index contributed by atoms with van der Waals surface area (Å²) in [4.78, 5) is 6.79. The van der Waals surface area contributed by atoms with Crippen molar-refractivity contribution in [3.05, 3.63) is 17.3 Å². The first-order valence-electron chi connectivity index (χ1n) is 4.13. The molecule has 0 aliphatic heterocycles. The van der Waals surface area contributed by atoms with Gasteiger partial charge < -0.3 is 0 Å². The molecular formula is C7H9ClFN3O2S. The predicted octanol–water partition coefficient (Wildman–Crippen LogP) is 1.42. The Hall–Kier alpha value is -0.950. The minimum absolute atomic E-state index is 0.103. The summed E-state index contributed by atoms with van der Waals surface area (Å²) in [5.74, 6) is -1.39. The summed E-state index contributed by atoms with van der Waals surface area (Å²) in [5, 5.41) is -0.217. The summed E-state index contributed by atoms with van der Waals surface area (Å²) >= 11 is 5.40. The minimum Gasteiger partial charge on any atom is -0.265 e. The second kappa shape index (κ2) is 4.71. The number of hydrogen-bond donors (Lipinski definition) is 1. The number of halogens is 2. The highest BCUT2D eigenvalue weighted by Gasteiger charge is 2.14. The molecule has 5 nitrogen and oxygen atoms in total. The molecule has 0 unspecified atom stereocenters. The first kappa shape index (κ1) is 12.1. The third-order valence-corrected chi connectivity index (χ3v) is 3.07. The maximum Gasteiger partial charge on any atom is 0.233 e. The van der Waals surface area contributed by atoms with Crippen LogP contribution in [-0.2, 0) is 10.0 Å². The van der Waals surface area contributed by atoms with E-state index in [1.165, 1.54) is 0 Å². The van der Waals surface area contributed by atoms with Gasteiger partial charge in [-0.3, -0.25) is 4.72 Å². The SMILES string of the molecule is CCCS(=O)(=O)Nc1nc(Cl)ncc1F. The maximum absolute atomic E-state index is 13.0. The zero-order chi connectivity index (χ0) is 11.5. The standard InChI is InChI=1S/C7H9ClFN3O2S/c1-2-3-15(13,14)12-6-5(9)4-10-7(8)11-6/h4H,2-3H2,1H3,(H,10,11,12). The number of nitrogens with one attached hydrogen (secondary N) is 1. The van der Waals surface area contributed by atoms with Crippen molar-refractivity contribution in [1.82, 2.24) is 9.97 Å². The van der Waals surface area contributed by atoms with E-state index in [1.54, 1.807) is 6.92 Å². The van der Waals surface area contributed by atoms with Crippen molar-refractivity contribution in [2.75, 3.05) is 10.5 Å². The van der Waals surface area contributed by atoms with E-state index in [-0.39, 0.29) is 11.0 Å². The average molecular weight is 254 g/mol. The van der Waals surface area contributed by atoms with Gasteiger partial charge in [-0.05, 0) is 18.0 Å². The van der Waals surface area contributed by atoms with E-state index in [9.17, 15) is 12.8 Å². The molecule has 84 valence electrons. The molecule has 1 N–H and O–H groups in total. The highest BCUT2D eigenvalue weighted by molar-refractivity contribution is 7.92. The highest BCUT2D eigenvalue weighted by atomic mass is 35.5. The van der Waals surface area contributed by atoms with Crippen LogP contribution in [0, 0.1) is 5.82 Å². The molecule has 1 aromatic heterocycles. The monoisotopic (exact) mass is 253 g/mol. The maximum atomic E-state index is 13.0. The third kappa shape index (κ3) is 3.60. The molecule has 0 aromatic carbocycles. The summed E-state index contributed by atoms with van der Waals surface area (Å²) in [6, 6.07) is 0. The summed E-state index contributed by atoms with van der Waals surface area (Å²) in [6.45, 7) is 1.70. The number of nitrogens with zero attached hydrogens (tertiary/aromatic N) is 2. The van der Waals surface area contributed by atoms with Crippen LogP contribution in [0.4, 0.5) is 10.2 Å². The first-order valence-corrected chi connectivity index (χ1v) is 6.16. The van der Waals surface area contributed by atoms with Crippen LogP contribution in [-0.4, -0.2) is 24.1 Å². The van der Waals surface area contributed by atoms with Gasteiger partial charge in [0.05, 0.1) is 11.9 Å². The predicted molar refractivity (Wildman–Crippen MR) is 54.7 cm³/mol. The second-order valence-electron chi connectivity index (χ2n) is 2.76. The molecule has 0 fully saturated rings. The first-order chi connectivity index (χ1) is 6.94. The van der Waals surface area contributed by atoms with Gasteiger partial charge in [0.25, 0.3) is 0 Å². The van der Waals surface area contributed by atoms with Gasteiger partial charge in [0.1, 0.15) is 0 Å². The Labute approximate surface area is 91.7 Å². The molecule has 0 saturated heterocycles. The Bertz CT molecular complexity index is 452. The van der Waals surface area contributed by atoms with Crippen molar-refractivity contribution in [2.24, 2.45) is 0 Å². The zero-order valence-electron chi connectivity index (χ0n) is 7.87. The molecule has 0 aliphatic carbocycles. The van der Waals surface area contributed by atoms with Gasteiger partial charge in [-0.15, -0.1) is 0 Å². The highest BCUT2D eigenvalue weighted by Crippen LogP contribution is 2.13. The smallest absolute Gasteiger partial charge is 0.233 e. The van der Waals surface area contributed by atoms with Crippen molar-refractivity contribution < 1.29 is 12.8 Å². The number of anilines is 1. The van der Waals surface area contributed by atoms with Gasteiger partial charge in [-0.25, -0.2) is 17.8 Å². The normalized spacial score (nSPS) is 11.4. The van der Waals surface area contributed by atoms with Gasteiger partial charge in [0, 0.05) is 0 Å². The quantitative estimate of drug-likeness (QED) is 0.824. The van der Waals surface area contributed by atoms with Crippen molar-refractivity contribution in [3.63, 3.8) is 0 Å². The van der Waals surface area contributed by atoms with E-state index in [2.05, 4.69) is 9.97 Å². The molecule has 0 radical (unpaired) electrons. The molecule has 0 bridgehead atoms. The fourth-order valence-electron chi connectivity index (χ4n) is 0.884. The van der Waals surface area contributed by atoms with E-state index in [0.717, 1.165) is 6.20 Å². The minimum atomic E-state index is -3.56. The summed E-state index contributed by atoms with van der Waals surface area (Å²) in [6.07, 6.45) is 1.23. The fraction of sp³-hybridized carbons (Fsp3) is 0.429. The lowest BCUT2D eigenvalue weighted by Crippen LogP contribution is -2.18. The molecule has 1 heterocycles. The molecule has 0 aliphatic rings. The van der Waals surface area contributed by atoms with Crippen LogP contribution in [0.15, 0.2) is 6.20 Å². The van der Waals surface area contributed by atoms with Crippen LogP contribution >= 0.6 is 11.6 Å². The number of sulfonamides is 1. The molecular weight excluding hydrogens is 245 g/mol. The number of rotatable bonds is 4. The molecule has 0 spiro atoms. The Morgan fingerprint density at radius 3 is 2.87 bits per heavy atom. The van der Waals surface area contributed by atoms with Gasteiger partial charge in [0.2, 0.25) is 15.3 Å². The van der Waals surface area contributed by atoms with E-state index in [1.807, 2.05) is 4.72 Å². The van der Waals surface area contributed by atoms with Crippen molar-refractivity contribution >= 4 is 27.4 Å². The van der Waals surface area contributed by atoms with Crippen LogP contribution in [0.1, 0.15) is 13.3 Å². The Morgan fingerprint density at radius 2 is 2.27 bits per heavy atom. The Morgan fingerprint density at radius 1 is 1.60 bits per heavy atom. The van der Waals surface area contributed by atoms with E-state index < -0.39 is 21.7 Å². The third-order valence-electron chi connectivity index (χ3n) is 1.44. The largest absolute Gasteiger partial charge is 0.265 e. The van der Waals surface area contributed by atoms with Crippen molar-refractivity contribution in [2.45, 2.75) is 13.3 Å². The zero-order valence-corrected chi connectivity index (χ0v) is 9.44. The van der Waals surface area contributed by atoms with Crippen LogP contribution in [0.3, 0.4) is 0 Å². The Balaban J connectivity index is 2.94. The number of aromatic nitrogens is 2. The van der Waals surface area contributed by atoms with Crippen molar-refractivity contribution in [3.8, 4) is 0 Å². The van der Waals surface area contributed by atoms with Gasteiger partial charge in [-0.2, -0.15) is 4.98 Å². The summed E-state index contributed by atoms with van der Waals surface area (Å²) in [5.41, 5.74) is 0. The van der Waals surface area contributed by atoms with Crippen LogP contribution in [0.25, 0.3) is 0 Å². The molecule has 15 heavy (non-hydrogen) atoms. The molecule has 1 aromatic rings. The van der Waals surface area contributed by atoms with E-state index >= 15 is 0 Å². The van der Waals surface area contributed by atoms with Gasteiger partial charge in [0.15, 0.2) is 11.6 Å². The summed E-state index contributed by atoms with van der Waals surface area (Å²) in [7, 11) is -3.56. The molecule has 0 atom stereocenters. The van der Waals surface area contributed by atoms with Crippen LogP contribution < -0.4 is 4.72 Å². The molecule has 8 heteroatoms. The lowest BCUT2D eigenvalue weighted by Gasteiger charge is -2.06. The fourth-order valence-corrected chi connectivity index (χ4v) is 2.09. The molecule has 0 amide bonds. The van der Waals surface area contributed by atoms with Gasteiger partial charge in [-0.1, -0.05) is 6.92 Å². The lowest BCUT2D eigenvalue weighted by atomic mass is 10.6. The molecule has 1 rings (SSSR count). The summed E-state index contributed by atoms with van der Waals surface area (Å²) < 4.78 is 37.6. The Kier molecular flexibility index (Phi) is 3.81. The van der Waals surface area contributed by atoms with Crippen LogP contribution in [0.2, 0.25) is 5.28 Å². The van der Waals surface area contributed by atoms with Gasteiger partial charge >= 0.3 is 0 Å². The lowest BCUT2D eigenvalue weighted by molar-refractivity contribution is 0.595.